The summed E-state index contributed by atoms with van der Waals surface area (Å²) in [6.45, 7) is 6.59. The summed E-state index contributed by atoms with van der Waals surface area (Å²) in [5, 5.41) is 2.81. The van der Waals surface area contributed by atoms with Crippen molar-refractivity contribution in [2.45, 2.75) is 20.3 Å². The van der Waals surface area contributed by atoms with Gasteiger partial charge in [-0.3, -0.25) is 4.79 Å². The van der Waals surface area contributed by atoms with Gasteiger partial charge in [-0.25, -0.2) is 0 Å². The molecule has 4 heteroatoms. The van der Waals surface area contributed by atoms with Crippen molar-refractivity contribution in [1.29, 1.82) is 0 Å². The molecule has 0 fully saturated rings. The van der Waals surface area contributed by atoms with Crippen LogP contribution in [0.15, 0.2) is 24.3 Å². The minimum absolute atomic E-state index is 0.0388. The summed E-state index contributed by atoms with van der Waals surface area (Å²) < 4.78 is 0. The van der Waals surface area contributed by atoms with Crippen molar-refractivity contribution >= 4 is 17.3 Å². The van der Waals surface area contributed by atoms with Crippen LogP contribution in [-0.4, -0.2) is 25.5 Å². The van der Waals surface area contributed by atoms with E-state index in [1.54, 1.807) is 0 Å². The molecule has 0 unspecified atom stereocenters. The summed E-state index contributed by atoms with van der Waals surface area (Å²) in [7, 11) is 0. The van der Waals surface area contributed by atoms with Crippen LogP contribution in [0.2, 0.25) is 0 Å². The molecular weight excluding hydrogens is 214 g/mol. The molecule has 0 aliphatic rings. The number of hydrogen-bond donors (Lipinski definition) is 2. The molecule has 0 bridgehead atoms. The molecule has 0 saturated heterocycles. The van der Waals surface area contributed by atoms with Crippen molar-refractivity contribution in [2.24, 2.45) is 5.73 Å². The van der Waals surface area contributed by atoms with E-state index in [9.17, 15) is 4.79 Å². The molecule has 0 aromatic heterocycles. The highest BCUT2D eigenvalue weighted by Crippen LogP contribution is 2.17. The molecule has 3 N–H and O–H groups in total. The Kier molecular flexibility index (Phi) is 5.49. The molecule has 0 aliphatic heterocycles. The fraction of sp³-hybridized carbons (Fsp3) is 0.462. The third kappa shape index (κ3) is 4.07. The minimum atomic E-state index is -0.0388. The number of anilines is 2. The summed E-state index contributed by atoms with van der Waals surface area (Å²) >= 11 is 0. The summed E-state index contributed by atoms with van der Waals surface area (Å²) in [6, 6.07) is 7.88. The molecule has 1 amide bonds. The van der Waals surface area contributed by atoms with Crippen LogP contribution >= 0.6 is 0 Å². The third-order valence-electron chi connectivity index (χ3n) is 2.65. The lowest BCUT2D eigenvalue weighted by atomic mass is 10.2. The van der Waals surface area contributed by atoms with Gasteiger partial charge >= 0.3 is 0 Å². The second-order valence-electron chi connectivity index (χ2n) is 3.81. The first-order chi connectivity index (χ1) is 8.21. The Bertz CT molecular complexity index is 344. The SMILES string of the molecule is CCN(CC)c1ccc(NC(=O)CCN)cc1. The average molecular weight is 235 g/mol. The highest BCUT2D eigenvalue weighted by atomic mass is 16.1. The van der Waals surface area contributed by atoms with Gasteiger partial charge < -0.3 is 16.0 Å². The minimum Gasteiger partial charge on any atom is -0.372 e. The maximum absolute atomic E-state index is 11.3. The third-order valence-corrected chi connectivity index (χ3v) is 2.65. The summed E-state index contributed by atoms with van der Waals surface area (Å²) in [4.78, 5) is 13.6. The number of hydrogen-bond acceptors (Lipinski definition) is 3. The van der Waals surface area contributed by atoms with E-state index in [1.165, 1.54) is 5.69 Å². The molecule has 0 aliphatic carbocycles. The van der Waals surface area contributed by atoms with E-state index in [2.05, 4.69) is 24.1 Å². The van der Waals surface area contributed by atoms with Gasteiger partial charge in [-0.1, -0.05) is 0 Å². The van der Waals surface area contributed by atoms with Crippen LogP contribution in [-0.2, 0) is 4.79 Å². The van der Waals surface area contributed by atoms with Gasteiger partial charge in [-0.2, -0.15) is 0 Å². The van der Waals surface area contributed by atoms with Gasteiger partial charge in [0.05, 0.1) is 0 Å². The van der Waals surface area contributed by atoms with Crippen molar-refractivity contribution in [3.05, 3.63) is 24.3 Å². The normalized spacial score (nSPS) is 10.1. The topological polar surface area (TPSA) is 58.4 Å². The molecule has 1 aromatic rings. The van der Waals surface area contributed by atoms with Gasteiger partial charge in [-0.05, 0) is 38.1 Å². The zero-order chi connectivity index (χ0) is 12.7. The van der Waals surface area contributed by atoms with Crippen molar-refractivity contribution < 1.29 is 4.79 Å². The largest absolute Gasteiger partial charge is 0.372 e. The molecule has 0 saturated carbocycles. The Morgan fingerprint density at radius 3 is 2.29 bits per heavy atom. The van der Waals surface area contributed by atoms with E-state index in [1.807, 2.05) is 24.3 Å². The number of carbonyl (C=O) groups is 1. The number of rotatable bonds is 6. The second kappa shape index (κ2) is 6.91. The number of nitrogens with zero attached hydrogens (tertiary/aromatic N) is 1. The van der Waals surface area contributed by atoms with Crippen molar-refractivity contribution in [1.82, 2.24) is 0 Å². The molecule has 0 spiro atoms. The number of nitrogens with one attached hydrogen (secondary N) is 1. The van der Waals surface area contributed by atoms with Gasteiger partial charge in [0.2, 0.25) is 5.91 Å². The predicted molar refractivity (Wildman–Crippen MR) is 72.3 cm³/mol. The molecule has 0 heterocycles. The van der Waals surface area contributed by atoms with Crippen LogP contribution in [0.3, 0.4) is 0 Å². The van der Waals surface area contributed by atoms with Crippen LogP contribution in [0, 0.1) is 0 Å². The first-order valence-electron chi connectivity index (χ1n) is 6.06. The predicted octanol–water partition coefficient (Wildman–Crippen LogP) is 1.82. The van der Waals surface area contributed by atoms with Crippen molar-refractivity contribution in [2.75, 3.05) is 29.9 Å². The van der Waals surface area contributed by atoms with Crippen molar-refractivity contribution in [3.63, 3.8) is 0 Å². The molecule has 17 heavy (non-hydrogen) atoms. The number of carbonyl (C=O) groups excluding carboxylic acids is 1. The number of nitrogens with two attached hydrogens (primary N) is 1. The number of benzene rings is 1. The molecule has 1 rings (SSSR count). The van der Waals surface area contributed by atoms with Crippen LogP contribution < -0.4 is 16.0 Å². The zero-order valence-corrected chi connectivity index (χ0v) is 10.6. The summed E-state index contributed by atoms with van der Waals surface area (Å²) in [5.41, 5.74) is 7.31. The van der Waals surface area contributed by atoms with E-state index in [4.69, 9.17) is 5.73 Å². The summed E-state index contributed by atoms with van der Waals surface area (Å²) in [6.07, 6.45) is 0.359. The monoisotopic (exact) mass is 235 g/mol. The number of amides is 1. The van der Waals surface area contributed by atoms with E-state index in [0.717, 1.165) is 18.8 Å². The van der Waals surface area contributed by atoms with Crippen LogP contribution in [0.1, 0.15) is 20.3 Å². The zero-order valence-electron chi connectivity index (χ0n) is 10.6. The maximum atomic E-state index is 11.3. The highest BCUT2D eigenvalue weighted by molar-refractivity contribution is 5.90. The molecule has 0 radical (unpaired) electrons. The van der Waals surface area contributed by atoms with Crippen LogP contribution in [0.25, 0.3) is 0 Å². The van der Waals surface area contributed by atoms with E-state index < -0.39 is 0 Å². The van der Waals surface area contributed by atoms with Gasteiger partial charge in [0.1, 0.15) is 0 Å². The van der Waals surface area contributed by atoms with Crippen LogP contribution in [0.4, 0.5) is 11.4 Å². The quantitative estimate of drug-likeness (QED) is 0.790. The molecular formula is C13H21N3O. The van der Waals surface area contributed by atoms with E-state index in [-0.39, 0.29) is 5.91 Å². The van der Waals surface area contributed by atoms with Gasteiger partial charge in [0.15, 0.2) is 0 Å². The maximum Gasteiger partial charge on any atom is 0.225 e. The van der Waals surface area contributed by atoms with Crippen LogP contribution in [0.5, 0.6) is 0 Å². The smallest absolute Gasteiger partial charge is 0.225 e. The lowest BCUT2D eigenvalue weighted by molar-refractivity contribution is -0.116. The molecule has 94 valence electrons. The molecule has 1 aromatic carbocycles. The summed E-state index contributed by atoms with van der Waals surface area (Å²) in [5.74, 6) is -0.0388. The second-order valence-corrected chi connectivity index (χ2v) is 3.81. The Morgan fingerprint density at radius 2 is 1.82 bits per heavy atom. The van der Waals surface area contributed by atoms with E-state index in [0.29, 0.717) is 13.0 Å². The van der Waals surface area contributed by atoms with Gasteiger partial charge in [-0.15, -0.1) is 0 Å². The Hall–Kier alpha value is -1.55. The average Bonchev–Trinajstić information content (AvgIpc) is 2.33. The lowest BCUT2D eigenvalue weighted by Crippen LogP contribution is -2.21. The van der Waals surface area contributed by atoms with Crippen molar-refractivity contribution in [3.8, 4) is 0 Å². The molecule has 0 atom stereocenters. The first-order valence-corrected chi connectivity index (χ1v) is 6.06. The van der Waals surface area contributed by atoms with E-state index >= 15 is 0 Å². The molecule has 4 nitrogen and oxygen atoms in total. The fourth-order valence-electron chi connectivity index (χ4n) is 1.70. The Balaban J connectivity index is 2.64. The van der Waals surface area contributed by atoms with Gasteiger partial charge in [0.25, 0.3) is 0 Å². The Morgan fingerprint density at radius 1 is 1.24 bits per heavy atom. The lowest BCUT2D eigenvalue weighted by Gasteiger charge is -2.21. The van der Waals surface area contributed by atoms with Gasteiger partial charge in [0, 0.05) is 37.4 Å². The highest BCUT2D eigenvalue weighted by Gasteiger charge is 2.03. The first kappa shape index (κ1) is 13.5. The standard InChI is InChI=1S/C13H21N3O/c1-3-16(4-2)12-7-5-11(6-8-12)15-13(17)9-10-14/h5-8H,3-4,9-10,14H2,1-2H3,(H,15,17). The Labute approximate surface area is 103 Å². The fourth-order valence-corrected chi connectivity index (χ4v) is 1.70.